The van der Waals surface area contributed by atoms with Crippen molar-refractivity contribution in [3.63, 3.8) is 0 Å². The van der Waals surface area contributed by atoms with Gasteiger partial charge in [-0.15, -0.1) is 10.2 Å². The molecule has 126 valence electrons. The number of thioether (sulfide) groups is 1. The van der Waals surface area contributed by atoms with Crippen LogP contribution in [0, 0.1) is 5.82 Å². The van der Waals surface area contributed by atoms with E-state index in [9.17, 15) is 4.39 Å². The number of hydrogen-bond donors (Lipinski definition) is 0. The van der Waals surface area contributed by atoms with Crippen molar-refractivity contribution in [3.05, 3.63) is 41.8 Å². The van der Waals surface area contributed by atoms with E-state index < -0.39 is 0 Å². The Morgan fingerprint density at radius 1 is 1.29 bits per heavy atom. The Bertz CT molecular complexity index is 831. The Morgan fingerprint density at radius 2 is 2.08 bits per heavy atom. The lowest BCUT2D eigenvalue weighted by molar-refractivity contribution is 0.374. The average Bonchev–Trinajstić information content (AvgIpc) is 3.17. The van der Waals surface area contributed by atoms with Gasteiger partial charge in [-0.25, -0.2) is 4.39 Å². The SMILES string of the molecule is CCCc1noc(C(C)Sc2nnc(-c3ccccc3F)n2C)n1. The third-order valence-electron chi connectivity index (χ3n) is 3.54. The zero-order valence-corrected chi connectivity index (χ0v) is 14.5. The molecule has 0 spiro atoms. The largest absolute Gasteiger partial charge is 0.338 e. The topological polar surface area (TPSA) is 69.6 Å². The van der Waals surface area contributed by atoms with E-state index in [0.29, 0.717) is 28.3 Å². The van der Waals surface area contributed by atoms with Crippen molar-refractivity contribution >= 4 is 11.8 Å². The molecule has 0 aliphatic carbocycles. The Morgan fingerprint density at radius 3 is 2.83 bits per heavy atom. The van der Waals surface area contributed by atoms with Crippen LogP contribution in [0.15, 0.2) is 33.9 Å². The molecule has 0 N–H and O–H groups in total. The first kappa shape index (κ1) is 16.6. The Kier molecular flexibility index (Phi) is 4.94. The number of rotatable bonds is 6. The molecule has 0 bridgehead atoms. The van der Waals surface area contributed by atoms with Crippen molar-refractivity contribution < 1.29 is 8.91 Å². The smallest absolute Gasteiger partial charge is 0.239 e. The summed E-state index contributed by atoms with van der Waals surface area (Å²) in [7, 11) is 1.81. The third-order valence-corrected chi connectivity index (χ3v) is 4.66. The van der Waals surface area contributed by atoms with E-state index in [1.165, 1.54) is 17.8 Å². The summed E-state index contributed by atoms with van der Waals surface area (Å²) >= 11 is 1.45. The fraction of sp³-hybridized carbons (Fsp3) is 0.375. The van der Waals surface area contributed by atoms with Crippen LogP contribution in [0.25, 0.3) is 11.4 Å². The van der Waals surface area contributed by atoms with Crippen LogP contribution in [-0.4, -0.2) is 24.9 Å². The van der Waals surface area contributed by atoms with Crippen molar-refractivity contribution in [2.45, 2.75) is 37.1 Å². The molecule has 0 saturated carbocycles. The van der Waals surface area contributed by atoms with Gasteiger partial charge in [0.05, 0.1) is 10.8 Å². The molecular weight excluding hydrogens is 329 g/mol. The fourth-order valence-corrected chi connectivity index (χ4v) is 3.11. The van der Waals surface area contributed by atoms with E-state index in [1.54, 1.807) is 22.8 Å². The second-order valence-corrected chi connectivity index (χ2v) is 6.71. The molecule has 0 amide bonds. The summed E-state index contributed by atoms with van der Waals surface area (Å²) < 4.78 is 21.0. The van der Waals surface area contributed by atoms with Crippen LogP contribution < -0.4 is 0 Å². The molecule has 3 aromatic rings. The van der Waals surface area contributed by atoms with Gasteiger partial charge in [0.2, 0.25) is 5.89 Å². The minimum atomic E-state index is -0.321. The van der Waals surface area contributed by atoms with Crippen LogP contribution >= 0.6 is 11.8 Å². The second-order valence-electron chi connectivity index (χ2n) is 5.40. The number of halogens is 1. The highest BCUT2D eigenvalue weighted by Gasteiger charge is 2.20. The minimum Gasteiger partial charge on any atom is -0.338 e. The van der Waals surface area contributed by atoms with E-state index >= 15 is 0 Å². The van der Waals surface area contributed by atoms with Crippen LogP contribution in [0.3, 0.4) is 0 Å². The lowest BCUT2D eigenvalue weighted by Gasteiger charge is -2.07. The molecule has 0 saturated heterocycles. The fourth-order valence-electron chi connectivity index (χ4n) is 2.26. The van der Waals surface area contributed by atoms with E-state index in [2.05, 4.69) is 27.3 Å². The molecule has 24 heavy (non-hydrogen) atoms. The zero-order valence-electron chi connectivity index (χ0n) is 13.7. The van der Waals surface area contributed by atoms with Crippen molar-refractivity contribution in [2.75, 3.05) is 0 Å². The van der Waals surface area contributed by atoms with Gasteiger partial charge in [-0.05, 0) is 25.5 Å². The molecular formula is C16H18FN5OS. The standard InChI is InChI=1S/C16H18FN5OS/c1-4-7-13-18-15(23-21-13)10(2)24-16-20-19-14(22(16)3)11-8-5-6-9-12(11)17/h5-6,8-10H,4,7H2,1-3H3. The lowest BCUT2D eigenvalue weighted by Crippen LogP contribution is -1.98. The number of nitrogens with zero attached hydrogens (tertiary/aromatic N) is 5. The highest BCUT2D eigenvalue weighted by molar-refractivity contribution is 7.99. The van der Waals surface area contributed by atoms with Crippen LogP contribution in [0.5, 0.6) is 0 Å². The van der Waals surface area contributed by atoms with E-state index in [4.69, 9.17) is 4.52 Å². The first-order valence-electron chi connectivity index (χ1n) is 7.73. The lowest BCUT2D eigenvalue weighted by atomic mass is 10.2. The molecule has 1 atom stereocenters. The summed E-state index contributed by atoms with van der Waals surface area (Å²) in [5.41, 5.74) is 0.426. The Labute approximate surface area is 143 Å². The van der Waals surface area contributed by atoms with Crippen molar-refractivity contribution in [3.8, 4) is 11.4 Å². The summed E-state index contributed by atoms with van der Waals surface area (Å²) in [6.07, 6.45) is 1.76. The molecule has 1 aromatic carbocycles. The van der Waals surface area contributed by atoms with E-state index in [0.717, 1.165) is 12.8 Å². The van der Waals surface area contributed by atoms with Crippen molar-refractivity contribution in [1.82, 2.24) is 24.9 Å². The number of benzene rings is 1. The van der Waals surface area contributed by atoms with E-state index in [-0.39, 0.29) is 11.1 Å². The predicted octanol–water partition coefficient (Wildman–Crippen LogP) is 3.81. The van der Waals surface area contributed by atoms with Gasteiger partial charge < -0.3 is 9.09 Å². The van der Waals surface area contributed by atoms with Gasteiger partial charge in [-0.1, -0.05) is 36.0 Å². The maximum absolute atomic E-state index is 13.9. The van der Waals surface area contributed by atoms with Gasteiger partial charge in [-0.2, -0.15) is 4.98 Å². The summed E-state index contributed by atoms with van der Waals surface area (Å²) in [4.78, 5) is 4.39. The van der Waals surface area contributed by atoms with Crippen LogP contribution in [0.1, 0.15) is 37.2 Å². The highest BCUT2D eigenvalue weighted by atomic mass is 32.2. The first-order chi connectivity index (χ1) is 11.6. The third kappa shape index (κ3) is 3.33. The van der Waals surface area contributed by atoms with Crippen LogP contribution in [0.2, 0.25) is 0 Å². The Balaban J connectivity index is 1.79. The van der Waals surface area contributed by atoms with Crippen molar-refractivity contribution in [1.29, 1.82) is 0 Å². The Hall–Kier alpha value is -2.22. The zero-order chi connectivity index (χ0) is 17.1. The molecule has 0 aliphatic rings. The quantitative estimate of drug-likeness (QED) is 0.632. The summed E-state index contributed by atoms with van der Waals surface area (Å²) in [6, 6.07) is 6.52. The molecule has 1 unspecified atom stereocenters. The summed E-state index contributed by atoms with van der Waals surface area (Å²) in [5, 5.41) is 12.8. The molecule has 3 rings (SSSR count). The molecule has 0 fully saturated rings. The van der Waals surface area contributed by atoms with Crippen LogP contribution in [-0.2, 0) is 13.5 Å². The molecule has 2 heterocycles. The molecule has 0 aliphatic heterocycles. The number of aromatic nitrogens is 5. The van der Waals surface area contributed by atoms with E-state index in [1.807, 2.05) is 14.0 Å². The molecule has 0 radical (unpaired) electrons. The van der Waals surface area contributed by atoms with Gasteiger partial charge in [0.1, 0.15) is 5.82 Å². The van der Waals surface area contributed by atoms with Gasteiger partial charge in [0.15, 0.2) is 16.8 Å². The molecule has 2 aromatic heterocycles. The van der Waals surface area contributed by atoms with Crippen molar-refractivity contribution in [2.24, 2.45) is 7.05 Å². The monoisotopic (exact) mass is 347 g/mol. The van der Waals surface area contributed by atoms with Gasteiger partial charge in [-0.3, -0.25) is 0 Å². The number of hydrogen-bond acceptors (Lipinski definition) is 6. The molecule has 8 heteroatoms. The summed E-state index contributed by atoms with van der Waals surface area (Å²) in [6.45, 7) is 4.03. The second kappa shape index (κ2) is 7.12. The normalized spacial score (nSPS) is 12.5. The van der Waals surface area contributed by atoms with Gasteiger partial charge >= 0.3 is 0 Å². The highest BCUT2D eigenvalue weighted by Crippen LogP contribution is 2.34. The maximum atomic E-state index is 13.9. The minimum absolute atomic E-state index is 0.0699. The predicted molar refractivity (Wildman–Crippen MR) is 89.0 cm³/mol. The average molecular weight is 347 g/mol. The first-order valence-corrected chi connectivity index (χ1v) is 8.61. The summed E-state index contributed by atoms with van der Waals surface area (Å²) in [5.74, 6) is 1.43. The van der Waals surface area contributed by atoms with Gasteiger partial charge in [0.25, 0.3) is 0 Å². The molecule has 6 nitrogen and oxygen atoms in total. The number of aryl methyl sites for hydroxylation is 1. The van der Waals surface area contributed by atoms with Crippen LogP contribution in [0.4, 0.5) is 4.39 Å². The van der Waals surface area contributed by atoms with Gasteiger partial charge in [0, 0.05) is 13.5 Å². The maximum Gasteiger partial charge on any atom is 0.239 e.